The van der Waals surface area contributed by atoms with E-state index in [2.05, 4.69) is 0 Å². The van der Waals surface area contributed by atoms with Crippen LogP contribution in [0.2, 0.25) is 0 Å². The molecule has 0 unspecified atom stereocenters. The highest BCUT2D eigenvalue weighted by molar-refractivity contribution is 6.00. The Balaban J connectivity index is 2.63. The second kappa shape index (κ2) is 5.35. The molecular weight excluding hydrogens is 266 g/mol. The number of Topliss-reactive ketones (excluding diaryl/α,β-unsaturated/α-hetero) is 1. The van der Waals surface area contributed by atoms with Crippen molar-refractivity contribution in [3.63, 3.8) is 0 Å². The van der Waals surface area contributed by atoms with E-state index < -0.39 is 5.41 Å². The summed E-state index contributed by atoms with van der Waals surface area (Å²) in [6.45, 7) is 7.83. The molecular formula is C17H21NO3. The molecule has 2 aromatic rings. The molecule has 1 aromatic heterocycles. The van der Waals surface area contributed by atoms with Gasteiger partial charge >= 0.3 is 0 Å². The molecule has 1 aromatic carbocycles. The van der Waals surface area contributed by atoms with Crippen molar-refractivity contribution in [3.8, 4) is 5.75 Å². The van der Waals surface area contributed by atoms with Crippen molar-refractivity contribution in [3.05, 3.63) is 29.5 Å². The lowest BCUT2D eigenvalue weighted by atomic mass is 9.91. The van der Waals surface area contributed by atoms with Crippen LogP contribution in [0.3, 0.4) is 0 Å². The maximum Gasteiger partial charge on any atom is 0.157 e. The minimum atomic E-state index is -0.413. The zero-order valence-electron chi connectivity index (χ0n) is 13.2. The second-order valence-corrected chi connectivity index (χ2v) is 6.26. The first kappa shape index (κ1) is 15.3. The van der Waals surface area contributed by atoms with Gasteiger partial charge in [0, 0.05) is 28.1 Å². The van der Waals surface area contributed by atoms with Crippen LogP contribution >= 0.6 is 0 Å². The SMILES string of the molecule is COc1ccc2c(C=O)c(C)n(CC(=O)C(C)(C)C)c2c1. The molecule has 0 amide bonds. The molecule has 4 nitrogen and oxygen atoms in total. The quantitative estimate of drug-likeness (QED) is 0.810. The number of fused-ring (bicyclic) bond motifs is 1. The number of hydrogen-bond acceptors (Lipinski definition) is 3. The van der Waals surface area contributed by atoms with Crippen LogP contribution in [0.1, 0.15) is 36.8 Å². The molecule has 0 saturated carbocycles. The summed E-state index contributed by atoms with van der Waals surface area (Å²) in [6, 6.07) is 5.55. The molecule has 0 spiro atoms. The molecule has 0 radical (unpaired) electrons. The molecule has 0 fully saturated rings. The fourth-order valence-corrected chi connectivity index (χ4v) is 2.34. The third-order valence-electron chi connectivity index (χ3n) is 3.84. The summed E-state index contributed by atoms with van der Waals surface area (Å²) < 4.78 is 7.14. The van der Waals surface area contributed by atoms with Crippen molar-refractivity contribution in [2.45, 2.75) is 34.2 Å². The number of aromatic nitrogens is 1. The van der Waals surface area contributed by atoms with E-state index in [1.807, 2.05) is 50.5 Å². The van der Waals surface area contributed by atoms with Gasteiger partial charge in [-0.3, -0.25) is 9.59 Å². The highest BCUT2D eigenvalue weighted by Crippen LogP contribution is 2.29. The largest absolute Gasteiger partial charge is 0.497 e. The van der Waals surface area contributed by atoms with Gasteiger partial charge in [-0.1, -0.05) is 20.8 Å². The van der Waals surface area contributed by atoms with Gasteiger partial charge < -0.3 is 9.30 Å². The highest BCUT2D eigenvalue weighted by Gasteiger charge is 2.24. The minimum absolute atomic E-state index is 0.128. The Labute approximate surface area is 124 Å². The first-order chi connectivity index (χ1) is 9.79. The number of hydrogen-bond donors (Lipinski definition) is 0. The fourth-order valence-electron chi connectivity index (χ4n) is 2.34. The number of rotatable bonds is 4. The summed E-state index contributed by atoms with van der Waals surface area (Å²) in [7, 11) is 1.60. The molecule has 0 aliphatic carbocycles. The average Bonchev–Trinajstić information content (AvgIpc) is 2.69. The van der Waals surface area contributed by atoms with Gasteiger partial charge in [0.1, 0.15) is 5.75 Å². The minimum Gasteiger partial charge on any atom is -0.497 e. The van der Waals surface area contributed by atoms with Crippen molar-refractivity contribution in [1.82, 2.24) is 4.57 Å². The van der Waals surface area contributed by atoms with Gasteiger partial charge in [-0.15, -0.1) is 0 Å². The lowest BCUT2D eigenvalue weighted by molar-refractivity contribution is -0.126. The van der Waals surface area contributed by atoms with Gasteiger partial charge in [0.15, 0.2) is 12.1 Å². The summed E-state index contributed by atoms with van der Waals surface area (Å²) in [4.78, 5) is 23.7. The molecule has 0 atom stereocenters. The van der Waals surface area contributed by atoms with E-state index in [4.69, 9.17) is 4.74 Å². The first-order valence-electron chi connectivity index (χ1n) is 6.95. The lowest BCUT2D eigenvalue weighted by Crippen LogP contribution is -2.25. The van der Waals surface area contributed by atoms with Crippen molar-refractivity contribution >= 4 is 23.0 Å². The van der Waals surface area contributed by atoms with Crippen LogP contribution < -0.4 is 4.74 Å². The van der Waals surface area contributed by atoms with Crippen LogP contribution in [-0.4, -0.2) is 23.7 Å². The molecule has 0 N–H and O–H groups in total. The first-order valence-corrected chi connectivity index (χ1v) is 6.95. The van der Waals surface area contributed by atoms with Crippen molar-refractivity contribution in [1.29, 1.82) is 0 Å². The summed E-state index contributed by atoms with van der Waals surface area (Å²) >= 11 is 0. The van der Waals surface area contributed by atoms with Crippen LogP contribution in [0, 0.1) is 12.3 Å². The number of benzene rings is 1. The molecule has 0 saturated heterocycles. The van der Waals surface area contributed by atoms with Gasteiger partial charge in [0.25, 0.3) is 0 Å². The van der Waals surface area contributed by atoms with E-state index in [0.717, 1.165) is 22.9 Å². The Morgan fingerprint density at radius 1 is 1.33 bits per heavy atom. The van der Waals surface area contributed by atoms with Gasteiger partial charge in [0.05, 0.1) is 19.2 Å². The van der Waals surface area contributed by atoms with Crippen LogP contribution in [0.25, 0.3) is 10.9 Å². The topological polar surface area (TPSA) is 48.3 Å². The molecule has 21 heavy (non-hydrogen) atoms. The summed E-state index contributed by atoms with van der Waals surface area (Å²) in [6.07, 6.45) is 0.849. The van der Waals surface area contributed by atoms with E-state index in [-0.39, 0.29) is 12.3 Å². The number of methoxy groups -OCH3 is 1. The molecule has 1 heterocycles. The standard InChI is InChI=1S/C17H21NO3/c1-11-14(10-19)13-7-6-12(21-5)8-15(13)18(11)9-16(20)17(2,3)4/h6-8,10H,9H2,1-5H3. The maximum absolute atomic E-state index is 12.3. The molecule has 112 valence electrons. The summed E-state index contributed by atoms with van der Waals surface area (Å²) in [5, 5.41) is 0.852. The van der Waals surface area contributed by atoms with Crippen molar-refractivity contribution in [2.75, 3.05) is 7.11 Å². The van der Waals surface area contributed by atoms with E-state index in [0.29, 0.717) is 11.3 Å². The Morgan fingerprint density at radius 2 is 2.00 bits per heavy atom. The Hall–Kier alpha value is -2.10. The van der Waals surface area contributed by atoms with Gasteiger partial charge in [-0.05, 0) is 19.1 Å². The normalized spacial score (nSPS) is 11.7. The molecule has 2 rings (SSSR count). The van der Waals surface area contributed by atoms with E-state index in [9.17, 15) is 9.59 Å². The van der Waals surface area contributed by atoms with Crippen LogP contribution in [0.5, 0.6) is 5.75 Å². The summed E-state index contributed by atoms with van der Waals surface area (Å²) in [5.74, 6) is 0.838. The Morgan fingerprint density at radius 3 is 2.52 bits per heavy atom. The third kappa shape index (κ3) is 2.71. The van der Waals surface area contributed by atoms with Crippen molar-refractivity contribution in [2.24, 2.45) is 5.41 Å². The smallest absolute Gasteiger partial charge is 0.157 e. The van der Waals surface area contributed by atoms with Crippen LogP contribution in [0.15, 0.2) is 18.2 Å². The van der Waals surface area contributed by atoms with E-state index in [1.54, 1.807) is 7.11 Å². The number of carbonyl (C=O) groups excluding carboxylic acids is 2. The lowest BCUT2D eigenvalue weighted by Gasteiger charge is -2.18. The van der Waals surface area contributed by atoms with E-state index >= 15 is 0 Å². The number of aldehydes is 1. The van der Waals surface area contributed by atoms with E-state index in [1.165, 1.54) is 0 Å². The fraction of sp³-hybridized carbons (Fsp3) is 0.412. The monoisotopic (exact) mass is 287 g/mol. The average molecular weight is 287 g/mol. The van der Waals surface area contributed by atoms with Gasteiger partial charge in [-0.25, -0.2) is 0 Å². The van der Waals surface area contributed by atoms with Crippen molar-refractivity contribution < 1.29 is 14.3 Å². The molecule has 0 bridgehead atoms. The molecule has 4 heteroatoms. The number of ketones is 1. The van der Waals surface area contributed by atoms with Crippen LogP contribution in [-0.2, 0) is 11.3 Å². The van der Waals surface area contributed by atoms with Gasteiger partial charge in [0.2, 0.25) is 0 Å². The molecule has 0 aliphatic heterocycles. The van der Waals surface area contributed by atoms with Crippen LogP contribution in [0.4, 0.5) is 0 Å². The predicted octanol–water partition coefficient (Wildman–Crippen LogP) is 3.39. The Kier molecular flexibility index (Phi) is 3.90. The zero-order valence-corrected chi connectivity index (χ0v) is 13.2. The zero-order chi connectivity index (χ0) is 15.8. The summed E-state index contributed by atoms with van der Waals surface area (Å²) in [5.41, 5.74) is 1.88. The second-order valence-electron chi connectivity index (χ2n) is 6.26. The maximum atomic E-state index is 12.3. The Bertz CT molecular complexity index is 705. The number of carbonyl (C=O) groups is 2. The third-order valence-corrected chi connectivity index (χ3v) is 3.84. The molecule has 0 aliphatic rings. The number of nitrogens with zero attached hydrogens (tertiary/aromatic N) is 1. The van der Waals surface area contributed by atoms with Gasteiger partial charge in [-0.2, -0.15) is 0 Å². The predicted molar refractivity (Wildman–Crippen MR) is 83.1 cm³/mol. The highest BCUT2D eigenvalue weighted by atomic mass is 16.5. The number of ether oxygens (including phenoxy) is 1.